The summed E-state index contributed by atoms with van der Waals surface area (Å²) in [6.07, 6.45) is 0.903. The molecule has 0 saturated carbocycles. The SMILES string of the molecule is COCCC(C)C(COc1cc(F)cc(F)c1)N(C)C. The fraction of sp³-hybridized carbons (Fsp3) is 0.600. The van der Waals surface area contributed by atoms with Crippen LogP contribution in [0, 0.1) is 17.6 Å². The first-order chi connectivity index (χ1) is 9.43. The molecule has 0 aliphatic rings. The number of nitrogens with zero attached hydrogens (tertiary/aromatic N) is 1. The molecule has 0 aliphatic heterocycles. The lowest BCUT2D eigenvalue weighted by atomic mass is 9.98. The summed E-state index contributed by atoms with van der Waals surface area (Å²) < 4.78 is 36.8. The third-order valence-corrected chi connectivity index (χ3v) is 3.35. The van der Waals surface area contributed by atoms with Crippen molar-refractivity contribution in [2.45, 2.75) is 19.4 Å². The Morgan fingerprint density at radius 3 is 2.25 bits per heavy atom. The van der Waals surface area contributed by atoms with Gasteiger partial charge in [0.2, 0.25) is 0 Å². The monoisotopic (exact) mass is 287 g/mol. The lowest BCUT2D eigenvalue weighted by Gasteiger charge is -2.30. The number of rotatable bonds is 8. The van der Waals surface area contributed by atoms with Crippen molar-refractivity contribution in [1.82, 2.24) is 4.90 Å². The fourth-order valence-corrected chi connectivity index (χ4v) is 2.11. The summed E-state index contributed by atoms with van der Waals surface area (Å²) >= 11 is 0. The molecule has 20 heavy (non-hydrogen) atoms. The first kappa shape index (κ1) is 16.9. The van der Waals surface area contributed by atoms with Crippen molar-refractivity contribution in [3.8, 4) is 5.75 Å². The molecular formula is C15H23F2NO2. The minimum absolute atomic E-state index is 0.150. The molecule has 3 nitrogen and oxygen atoms in total. The van der Waals surface area contributed by atoms with Crippen LogP contribution in [0.3, 0.4) is 0 Å². The summed E-state index contributed by atoms with van der Waals surface area (Å²) in [4.78, 5) is 2.05. The third-order valence-electron chi connectivity index (χ3n) is 3.35. The Morgan fingerprint density at radius 1 is 1.15 bits per heavy atom. The highest BCUT2D eigenvalue weighted by molar-refractivity contribution is 5.23. The van der Waals surface area contributed by atoms with Crippen LogP contribution >= 0.6 is 0 Å². The zero-order chi connectivity index (χ0) is 15.1. The Labute approximate surface area is 119 Å². The van der Waals surface area contributed by atoms with Crippen molar-refractivity contribution in [3.63, 3.8) is 0 Å². The van der Waals surface area contributed by atoms with Crippen LogP contribution in [0.4, 0.5) is 8.78 Å². The Hall–Kier alpha value is -1.20. The molecule has 0 bridgehead atoms. The number of hydrogen-bond donors (Lipinski definition) is 0. The van der Waals surface area contributed by atoms with Gasteiger partial charge in [0.1, 0.15) is 24.0 Å². The van der Waals surface area contributed by atoms with Gasteiger partial charge in [-0.25, -0.2) is 8.78 Å². The van der Waals surface area contributed by atoms with Gasteiger partial charge in [-0.1, -0.05) is 6.92 Å². The van der Waals surface area contributed by atoms with Gasteiger partial charge >= 0.3 is 0 Å². The molecule has 0 aliphatic carbocycles. The maximum Gasteiger partial charge on any atom is 0.129 e. The van der Waals surface area contributed by atoms with Gasteiger partial charge in [0.25, 0.3) is 0 Å². The lowest BCUT2D eigenvalue weighted by Crippen LogP contribution is -2.39. The maximum absolute atomic E-state index is 13.1. The van der Waals surface area contributed by atoms with E-state index in [0.29, 0.717) is 19.1 Å². The molecule has 114 valence electrons. The standard InChI is InChI=1S/C15H23F2NO2/c1-11(5-6-19-4)15(18(2)3)10-20-14-8-12(16)7-13(17)9-14/h7-9,11,15H,5-6,10H2,1-4H3. The second-order valence-electron chi connectivity index (χ2n) is 5.21. The Bertz CT molecular complexity index is 393. The van der Waals surface area contributed by atoms with Gasteiger partial charge < -0.3 is 14.4 Å². The Morgan fingerprint density at radius 2 is 1.75 bits per heavy atom. The minimum Gasteiger partial charge on any atom is -0.492 e. The van der Waals surface area contributed by atoms with Gasteiger partial charge in [0, 0.05) is 38.0 Å². The van der Waals surface area contributed by atoms with E-state index < -0.39 is 11.6 Å². The quantitative estimate of drug-likeness (QED) is 0.734. The van der Waals surface area contributed by atoms with E-state index in [9.17, 15) is 8.78 Å². The van der Waals surface area contributed by atoms with Gasteiger partial charge in [-0.2, -0.15) is 0 Å². The van der Waals surface area contributed by atoms with Crippen molar-refractivity contribution < 1.29 is 18.3 Å². The second kappa shape index (κ2) is 8.17. The molecule has 0 N–H and O–H groups in total. The summed E-state index contributed by atoms with van der Waals surface area (Å²) in [6.45, 7) is 3.17. The highest BCUT2D eigenvalue weighted by Gasteiger charge is 2.20. The predicted octanol–water partition coefficient (Wildman–Crippen LogP) is 2.95. The molecule has 0 amide bonds. The Kier molecular flexibility index (Phi) is 6.88. The highest BCUT2D eigenvalue weighted by atomic mass is 19.1. The maximum atomic E-state index is 13.1. The van der Waals surface area contributed by atoms with E-state index in [1.807, 2.05) is 14.1 Å². The summed E-state index contributed by atoms with van der Waals surface area (Å²) in [5.74, 6) is -0.695. The van der Waals surface area contributed by atoms with Crippen molar-refractivity contribution in [2.24, 2.45) is 5.92 Å². The van der Waals surface area contributed by atoms with Crippen molar-refractivity contribution >= 4 is 0 Å². The van der Waals surface area contributed by atoms with Crippen LogP contribution in [-0.4, -0.2) is 45.4 Å². The van der Waals surface area contributed by atoms with E-state index in [0.717, 1.165) is 12.5 Å². The molecule has 2 unspecified atom stereocenters. The van der Waals surface area contributed by atoms with Crippen LogP contribution in [0.15, 0.2) is 18.2 Å². The molecule has 1 aromatic rings. The lowest BCUT2D eigenvalue weighted by molar-refractivity contribution is 0.110. The smallest absolute Gasteiger partial charge is 0.129 e. The van der Waals surface area contributed by atoms with Gasteiger partial charge in [-0.05, 0) is 26.4 Å². The number of ether oxygens (including phenoxy) is 2. The van der Waals surface area contributed by atoms with E-state index in [1.165, 1.54) is 12.1 Å². The van der Waals surface area contributed by atoms with Crippen molar-refractivity contribution in [2.75, 3.05) is 34.4 Å². The van der Waals surface area contributed by atoms with Crippen LogP contribution in [0.5, 0.6) is 5.75 Å². The van der Waals surface area contributed by atoms with E-state index in [4.69, 9.17) is 9.47 Å². The van der Waals surface area contributed by atoms with Gasteiger partial charge in [0.15, 0.2) is 0 Å². The van der Waals surface area contributed by atoms with E-state index in [-0.39, 0.29) is 11.8 Å². The number of halogens is 2. The number of likely N-dealkylation sites (N-methyl/N-ethyl adjacent to an activating group) is 1. The van der Waals surface area contributed by atoms with E-state index in [1.54, 1.807) is 7.11 Å². The second-order valence-corrected chi connectivity index (χ2v) is 5.21. The van der Waals surface area contributed by atoms with Crippen LogP contribution < -0.4 is 4.74 Å². The molecular weight excluding hydrogens is 264 g/mol. The van der Waals surface area contributed by atoms with Crippen LogP contribution in [-0.2, 0) is 4.74 Å². The zero-order valence-corrected chi connectivity index (χ0v) is 12.5. The fourth-order valence-electron chi connectivity index (χ4n) is 2.11. The normalized spacial score (nSPS) is 14.3. The minimum atomic E-state index is -0.631. The van der Waals surface area contributed by atoms with E-state index in [2.05, 4.69) is 11.8 Å². The number of hydrogen-bond acceptors (Lipinski definition) is 3. The topological polar surface area (TPSA) is 21.7 Å². The predicted molar refractivity (Wildman–Crippen MR) is 75.0 cm³/mol. The average molecular weight is 287 g/mol. The molecule has 1 rings (SSSR count). The molecule has 1 aromatic carbocycles. The van der Waals surface area contributed by atoms with Crippen molar-refractivity contribution in [3.05, 3.63) is 29.8 Å². The summed E-state index contributed by atoms with van der Waals surface area (Å²) in [5.41, 5.74) is 0. The van der Waals surface area contributed by atoms with Gasteiger partial charge in [-0.3, -0.25) is 0 Å². The van der Waals surface area contributed by atoms with E-state index >= 15 is 0 Å². The molecule has 2 atom stereocenters. The summed E-state index contributed by atoms with van der Waals surface area (Å²) in [7, 11) is 5.59. The Balaban J connectivity index is 2.62. The number of methoxy groups -OCH3 is 1. The summed E-state index contributed by atoms with van der Waals surface area (Å²) in [6, 6.07) is 3.36. The third kappa shape index (κ3) is 5.43. The highest BCUT2D eigenvalue weighted by Crippen LogP contribution is 2.18. The first-order valence-electron chi connectivity index (χ1n) is 6.68. The summed E-state index contributed by atoms with van der Waals surface area (Å²) in [5, 5.41) is 0. The molecule has 0 aromatic heterocycles. The zero-order valence-electron chi connectivity index (χ0n) is 12.5. The average Bonchev–Trinajstić information content (AvgIpc) is 2.34. The first-order valence-corrected chi connectivity index (χ1v) is 6.68. The molecule has 5 heteroatoms. The molecule has 0 fully saturated rings. The molecule has 0 saturated heterocycles. The molecule has 0 spiro atoms. The van der Waals surface area contributed by atoms with Crippen LogP contribution in [0.1, 0.15) is 13.3 Å². The van der Waals surface area contributed by atoms with Gasteiger partial charge in [0.05, 0.1) is 0 Å². The van der Waals surface area contributed by atoms with Crippen molar-refractivity contribution in [1.29, 1.82) is 0 Å². The van der Waals surface area contributed by atoms with Crippen LogP contribution in [0.25, 0.3) is 0 Å². The van der Waals surface area contributed by atoms with Gasteiger partial charge in [-0.15, -0.1) is 0 Å². The largest absolute Gasteiger partial charge is 0.492 e. The molecule has 0 radical (unpaired) electrons. The number of benzene rings is 1. The van der Waals surface area contributed by atoms with Crippen LogP contribution in [0.2, 0.25) is 0 Å². The molecule has 0 heterocycles.